The monoisotopic (exact) mass is 293 g/mol. The molecule has 0 aliphatic heterocycles. The molecule has 1 N–H and O–H groups in total. The van der Waals surface area contributed by atoms with Crippen LogP contribution in [0.4, 0.5) is 0 Å². The van der Waals surface area contributed by atoms with Crippen molar-refractivity contribution in [1.82, 2.24) is 15.5 Å². The van der Waals surface area contributed by atoms with Gasteiger partial charge in [0.2, 0.25) is 5.89 Å². The third-order valence-corrected chi connectivity index (χ3v) is 3.53. The summed E-state index contributed by atoms with van der Waals surface area (Å²) in [5.74, 6) is 1.38. The zero-order valence-electron chi connectivity index (χ0n) is 11.9. The SMILES string of the molecule is CCNC(C)CCc1nc(Cc2ccccc2Cl)no1. The van der Waals surface area contributed by atoms with Crippen LogP contribution in [0.2, 0.25) is 5.02 Å². The summed E-state index contributed by atoms with van der Waals surface area (Å²) in [6.45, 7) is 5.23. The molecular formula is C15H20ClN3O. The summed E-state index contributed by atoms with van der Waals surface area (Å²) in [7, 11) is 0. The van der Waals surface area contributed by atoms with Crippen molar-refractivity contribution < 1.29 is 4.52 Å². The van der Waals surface area contributed by atoms with E-state index in [1.54, 1.807) is 0 Å². The van der Waals surface area contributed by atoms with Gasteiger partial charge in [-0.1, -0.05) is 41.9 Å². The Kier molecular flexibility index (Phi) is 5.56. The predicted molar refractivity (Wildman–Crippen MR) is 80.0 cm³/mol. The van der Waals surface area contributed by atoms with Crippen LogP contribution in [0.1, 0.15) is 37.5 Å². The second-order valence-corrected chi connectivity index (χ2v) is 5.28. The van der Waals surface area contributed by atoms with E-state index in [1.807, 2.05) is 24.3 Å². The molecule has 1 atom stereocenters. The number of rotatable bonds is 7. The molecule has 0 saturated heterocycles. The molecule has 0 fully saturated rings. The number of hydrogen-bond donors (Lipinski definition) is 1. The number of aryl methyl sites for hydroxylation is 1. The summed E-state index contributed by atoms with van der Waals surface area (Å²) < 4.78 is 5.27. The number of nitrogens with zero attached hydrogens (tertiary/aromatic N) is 2. The van der Waals surface area contributed by atoms with E-state index in [0.29, 0.717) is 24.2 Å². The summed E-state index contributed by atoms with van der Waals surface area (Å²) >= 11 is 6.12. The Morgan fingerprint density at radius 2 is 2.15 bits per heavy atom. The van der Waals surface area contributed by atoms with Gasteiger partial charge in [0.25, 0.3) is 0 Å². The lowest BCUT2D eigenvalue weighted by atomic mass is 10.1. The molecule has 0 radical (unpaired) electrons. The molecular weight excluding hydrogens is 274 g/mol. The zero-order valence-corrected chi connectivity index (χ0v) is 12.7. The molecule has 5 heteroatoms. The number of halogens is 1. The standard InChI is InChI=1S/C15H20ClN3O/c1-3-17-11(2)8-9-15-18-14(19-20-15)10-12-6-4-5-7-13(12)16/h4-7,11,17H,3,8-10H2,1-2H3. The molecule has 1 aromatic heterocycles. The van der Waals surface area contributed by atoms with Crippen LogP contribution in [0.5, 0.6) is 0 Å². The Hall–Kier alpha value is -1.39. The van der Waals surface area contributed by atoms with E-state index in [4.69, 9.17) is 16.1 Å². The van der Waals surface area contributed by atoms with Gasteiger partial charge in [-0.05, 0) is 31.5 Å². The maximum Gasteiger partial charge on any atom is 0.226 e. The van der Waals surface area contributed by atoms with E-state index in [1.165, 1.54) is 0 Å². The minimum atomic E-state index is 0.457. The van der Waals surface area contributed by atoms with Crippen LogP contribution >= 0.6 is 11.6 Å². The first-order valence-corrected chi connectivity index (χ1v) is 7.35. The van der Waals surface area contributed by atoms with Crippen LogP contribution in [0.15, 0.2) is 28.8 Å². The Morgan fingerprint density at radius 3 is 2.90 bits per heavy atom. The van der Waals surface area contributed by atoms with Crippen LogP contribution in [0.3, 0.4) is 0 Å². The van der Waals surface area contributed by atoms with Gasteiger partial charge < -0.3 is 9.84 Å². The molecule has 2 rings (SSSR count). The van der Waals surface area contributed by atoms with Crippen LogP contribution in [-0.4, -0.2) is 22.7 Å². The first kappa shape index (κ1) is 15.0. The van der Waals surface area contributed by atoms with Crippen molar-refractivity contribution >= 4 is 11.6 Å². The topological polar surface area (TPSA) is 51.0 Å². The minimum absolute atomic E-state index is 0.457. The Balaban J connectivity index is 1.91. The molecule has 2 aromatic rings. The highest BCUT2D eigenvalue weighted by Gasteiger charge is 2.10. The first-order valence-electron chi connectivity index (χ1n) is 6.97. The molecule has 0 aliphatic carbocycles. The van der Waals surface area contributed by atoms with Gasteiger partial charge in [0.15, 0.2) is 5.82 Å². The van der Waals surface area contributed by atoms with Crippen LogP contribution in [-0.2, 0) is 12.8 Å². The highest BCUT2D eigenvalue weighted by Crippen LogP contribution is 2.17. The van der Waals surface area contributed by atoms with E-state index in [0.717, 1.165) is 30.0 Å². The number of hydrogen-bond acceptors (Lipinski definition) is 4. The molecule has 108 valence electrons. The Labute approximate surface area is 124 Å². The first-order chi connectivity index (χ1) is 9.69. The lowest BCUT2D eigenvalue weighted by Gasteiger charge is -2.09. The average molecular weight is 294 g/mol. The maximum atomic E-state index is 6.12. The van der Waals surface area contributed by atoms with E-state index < -0.39 is 0 Å². The van der Waals surface area contributed by atoms with E-state index >= 15 is 0 Å². The summed E-state index contributed by atoms with van der Waals surface area (Å²) in [4.78, 5) is 4.41. The molecule has 1 heterocycles. The molecule has 0 bridgehead atoms. The smallest absolute Gasteiger partial charge is 0.226 e. The van der Waals surface area contributed by atoms with Gasteiger partial charge in [0.1, 0.15) is 0 Å². The molecule has 1 aromatic carbocycles. The number of aromatic nitrogens is 2. The Bertz CT molecular complexity index is 541. The normalized spacial score (nSPS) is 12.6. The lowest BCUT2D eigenvalue weighted by molar-refractivity contribution is 0.363. The minimum Gasteiger partial charge on any atom is -0.339 e. The van der Waals surface area contributed by atoms with Gasteiger partial charge in [0, 0.05) is 23.9 Å². The van der Waals surface area contributed by atoms with Gasteiger partial charge in [0.05, 0.1) is 0 Å². The highest BCUT2D eigenvalue weighted by atomic mass is 35.5. The molecule has 0 amide bonds. The summed E-state index contributed by atoms with van der Waals surface area (Å²) in [6, 6.07) is 8.18. The summed E-state index contributed by atoms with van der Waals surface area (Å²) in [5.41, 5.74) is 1.02. The molecule has 0 saturated carbocycles. The number of benzene rings is 1. The molecule has 0 spiro atoms. The van der Waals surface area contributed by atoms with E-state index in [-0.39, 0.29) is 0 Å². The van der Waals surface area contributed by atoms with Gasteiger partial charge in [-0.2, -0.15) is 4.98 Å². The fourth-order valence-corrected chi connectivity index (χ4v) is 2.27. The van der Waals surface area contributed by atoms with Crippen molar-refractivity contribution in [1.29, 1.82) is 0 Å². The van der Waals surface area contributed by atoms with Crippen molar-refractivity contribution in [3.8, 4) is 0 Å². The lowest BCUT2D eigenvalue weighted by Crippen LogP contribution is -2.25. The largest absolute Gasteiger partial charge is 0.339 e. The van der Waals surface area contributed by atoms with Crippen molar-refractivity contribution in [2.75, 3.05) is 6.54 Å². The van der Waals surface area contributed by atoms with Gasteiger partial charge in [-0.15, -0.1) is 0 Å². The molecule has 1 unspecified atom stereocenters. The van der Waals surface area contributed by atoms with Gasteiger partial charge in [-0.25, -0.2) is 0 Å². The fraction of sp³-hybridized carbons (Fsp3) is 0.467. The summed E-state index contributed by atoms with van der Waals surface area (Å²) in [5, 5.41) is 8.11. The third-order valence-electron chi connectivity index (χ3n) is 3.16. The van der Waals surface area contributed by atoms with Crippen LogP contribution in [0, 0.1) is 0 Å². The van der Waals surface area contributed by atoms with Crippen LogP contribution < -0.4 is 5.32 Å². The highest BCUT2D eigenvalue weighted by molar-refractivity contribution is 6.31. The third kappa shape index (κ3) is 4.32. The fourth-order valence-electron chi connectivity index (χ4n) is 2.07. The van der Waals surface area contributed by atoms with Crippen molar-refractivity contribution in [2.24, 2.45) is 0 Å². The number of nitrogens with one attached hydrogen (secondary N) is 1. The van der Waals surface area contributed by atoms with E-state index in [2.05, 4.69) is 29.3 Å². The predicted octanol–water partition coefficient (Wildman–Crippen LogP) is 3.24. The van der Waals surface area contributed by atoms with E-state index in [9.17, 15) is 0 Å². The van der Waals surface area contributed by atoms with Crippen molar-refractivity contribution in [2.45, 2.75) is 39.2 Å². The van der Waals surface area contributed by atoms with Crippen LogP contribution in [0.25, 0.3) is 0 Å². The second kappa shape index (κ2) is 7.41. The second-order valence-electron chi connectivity index (χ2n) is 4.87. The van der Waals surface area contributed by atoms with Gasteiger partial charge >= 0.3 is 0 Å². The molecule has 20 heavy (non-hydrogen) atoms. The maximum absolute atomic E-state index is 6.12. The Morgan fingerprint density at radius 1 is 1.35 bits per heavy atom. The van der Waals surface area contributed by atoms with Gasteiger partial charge in [-0.3, -0.25) is 0 Å². The van der Waals surface area contributed by atoms with Crippen molar-refractivity contribution in [3.05, 3.63) is 46.6 Å². The molecule has 4 nitrogen and oxygen atoms in total. The summed E-state index contributed by atoms with van der Waals surface area (Å²) in [6.07, 6.45) is 2.39. The molecule has 0 aliphatic rings. The van der Waals surface area contributed by atoms with Crippen molar-refractivity contribution in [3.63, 3.8) is 0 Å². The zero-order chi connectivity index (χ0) is 14.4. The average Bonchev–Trinajstić information content (AvgIpc) is 2.87. The quantitative estimate of drug-likeness (QED) is 0.851.